The number of ether oxygens (including phenoxy) is 1. The molecule has 1 N–H and O–H groups in total. The van der Waals surface area contributed by atoms with Crippen LogP contribution in [-0.4, -0.2) is 23.7 Å². The predicted molar refractivity (Wildman–Crippen MR) is 42.6 cm³/mol. The Morgan fingerprint density at radius 2 is 1.92 bits per heavy atom. The van der Waals surface area contributed by atoms with Crippen LogP contribution in [0.3, 0.4) is 0 Å². The fourth-order valence-electron chi connectivity index (χ4n) is 0.756. The molecule has 70 valence electrons. The van der Waals surface area contributed by atoms with E-state index >= 15 is 0 Å². The molecule has 0 amide bonds. The second-order valence-corrected chi connectivity index (χ2v) is 2.99. The Bertz CT molecular complexity index is 174. The molecule has 0 aromatic heterocycles. The minimum atomic E-state index is -0.925. The molecule has 0 bridgehead atoms. The number of rotatable bonds is 4. The lowest BCUT2D eigenvalue weighted by Gasteiger charge is -2.14. The van der Waals surface area contributed by atoms with Crippen molar-refractivity contribution in [2.75, 3.05) is 6.61 Å². The number of carbonyl (C=O) groups is 2. The number of esters is 1. The Balaban J connectivity index is 3.97. The molecule has 1 atom stereocenters. The highest BCUT2D eigenvalue weighted by Gasteiger charge is 2.22. The maximum absolute atomic E-state index is 10.6. The highest BCUT2D eigenvalue weighted by atomic mass is 16.5. The van der Waals surface area contributed by atoms with Gasteiger partial charge in [0.15, 0.2) is 0 Å². The Morgan fingerprint density at radius 1 is 1.42 bits per heavy atom. The fourth-order valence-corrected chi connectivity index (χ4v) is 0.756. The first-order valence-corrected chi connectivity index (χ1v) is 3.81. The summed E-state index contributed by atoms with van der Waals surface area (Å²) in [5.41, 5.74) is 0. The van der Waals surface area contributed by atoms with Crippen LogP contribution in [0.2, 0.25) is 0 Å². The van der Waals surface area contributed by atoms with E-state index in [4.69, 9.17) is 5.11 Å². The summed E-state index contributed by atoms with van der Waals surface area (Å²) in [4.78, 5) is 20.9. The zero-order chi connectivity index (χ0) is 9.72. The van der Waals surface area contributed by atoms with Crippen molar-refractivity contribution in [3.63, 3.8) is 0 Å². The van der Waals surface area contributed by atoms with Crippen LogP contribution < -0.4 is 0 Å². The van der Waals surface area contributed by atoms with Gasteiger partial charge in [-0.15, -0.1) is 0 Å². The van der Waals surface area contributed by atoms with Gasteiger partial charge in [0.05, 0.1) is 5.92 Å². The zero-order valence-electron chi connectivity index (χ0n) is 7.53. The third-order valence-electron chi connectivity index (χ3n) is 1.59. The standard InChI is InChI=1S/C8H14O4/c1-5(2)7(8(10)11)4-12-6(3)9/h5,7H,4H2,1-3H3,(H,10,11). The maximum Gasteiger partial charge on any atom is 0.310 e. The molecule has 1 unspecified atom stereocenters. The first-order valence-electron chi connectivity index (χ1n) is 3.81. The Labute approximate surface area is 71.5 Å². The average Bonchev–Trinajstić information content (AvgIpc) is 1.84. The van der Waals surface area contributed by atoms with Crippen molar-refractivity contribution in [1.82, 2.24) is 0 Å². The third kappa shape index (κ3) is 3.95. The smallest absolute Gasteiger partial charge is 0.310 e. The number of carboxylic acids is 1. The summed E-state index contributed by atoms with van der Waals surface area (Å²) < 4.78 is 4.61. The third-order valence-corrected chi connectivity index (χ3v) is 1.59. The van der Waals surface area contributed by atoms with Crippen LogP contribution in [0.5, 0.6) is 0 Å². The molecule has 0 aromatic rings. The van der Waals surface area contributed by atoms with E-state index in [1.807, 2.05) is 0 Å². The van der Waals surface area contributed by atoms with E-state index in [-0.39, 0.29) is 12.5 Å². The molecule has 0 spiro atoms. The van der Waals surface area contributed by atoms with Gasteiger partial charge in [-0.1, -0.05) is 13.8 Å². The molecule has 0 heterocycles. The van der Waals surface area contributed by atoms with Gasteiger partial charge in [0.25, 0.3) is 0 Å². The van der Waals surface area contributed by atoms with Crippen LogP contribution in [-0.2, 0) is 14.3 Å². The molecule has 0 saturated carbocycles. The van der Waals surface area contributed by atoms with Gasteiger partial charge in [0, 0.05) is 6.92 Å². The molecule has 4 nitrogen and oxygen atoms in total. The first kappa shape index (κ1) is 10.9. The highest BCUT2D eigenvalue weighted by Crippen LogP contribution is 2.11. The zero-order valence-corrected chi connectivity index (χ0v) is 7.53. The molecule has 0 fully saturated rings. The van der Waals surface area contributed by atoms with Gasteiger partial charge in [-0.2, -0.15) is 0 Å². The van der Waals surface area contributed by atoms with E-state index in [2.05, 4.69) is 4.74 Å². The van der Waals surface area contributed by atoms with Crippen LogP contribution in [0.4, 0.5) is 0 Å². The van der Waals surface area contributed by atoms with E-state index in [9.17, 15) is 9.59 Å². The van der Waals surface area contributed by atoms with Crippen molar-refractivity contribution in [2.45, 2.75) is 20.8 Å². The summed E-state index contributed by atoms with van der Waals surface area (Å²) in [6.45, 7) is 4.78. The van der Waals surface area contributed by atoms with Gasteiger partial charge < -0.3 is 9.84 Å². The minimum Gasteiger partial charge on any atom is -0.481 e. The number of hydrogen-bond acceptors (Lipinski definition) is 3. The molecule has 4 heteroatoms. The van der Waals surface area contributed by atoms with Crippen LogP contribution in [0.25, 0.3) is 0 Å². The van der Waals surface area contributed by atoms with Crippen molar-refractivity contribution >= 4 is 11.9 Å². The normalized spacial score (nSPS) is 12.7. The number of hydrogen-bond donors (Lipinski definition) is 1. The SMILES string of the molecule is CC(=O)OCC(C(=O)O)C(C)C. The van der Waals surface area contributed by atoms with Crippen molar-refractivity contribution in [1.29, 1.82) is 0 Å². The van der Waals surface area contributed by atoms with Gasteiger partial charge in [0.2, 0.25) is 0 Å². The largest absolute Gasteiger partial charge is 0.481 e. The van der Waals surface area contributed by atoms with Gasteiger partial charge >= 0.3 is 11.9 Å². The lowest BCUT2D eigenvalue weighted by Crippen LogP contribution is -2.25. The molecule has 12 heavy (non-hydrogen) atoms. The lowest BCUT2D eigenvalue weighted by molar-refractivity contribution is -0.151. The Hall–Kier alpha value is -1.06. The maximum atomic E-state index is 10.6. The quantitative estimate of drug-likeness (QED) is 0.643. The van der Waals surface area contributed by atoms with Crippen molar-refractivity contribution in [2.24, 2.45) is 11.8 Å². The number of aliphatic carboxylic acids is 1. The van der Waals surface area contributed by atoms with Gasteiger partial charge in [-0.05, 0) is 5.92 Å². The molecule has 0 radical (unpaired) electrons. The minimum absolute atomic E-state index is 0.0261. The van der Waals surface area contributed by atoms with Crippen LogP contribution in [0, 0.1) is 11.8 Å². The molecule has 0 aromatic carbocycles. The molecular weight excluding hydrogens is 160 g/mol. The van der Waals surface area contributed by atoms with E-state index in [1.54, 1.807) is 13.8 Å². The summed E-state index contributed by atoms with van der Waals surface area (Å²) in [5, 5.41) is 8.67. The summed E-state index contributed by atoms with van der Waals surface area (Å²) in [6, 6.07) is 0. The van der Waals surface area contributed by atoms with Gasteiger partial charge in [-0.25, -0.2) is 0 Å². The van der Waals surface area contributed by atoms with E-state index < -0.39 is 17.9 Å². The summed E-state index contributed by atoms with van der Waals surface area (Å²) in [7, 11) is 0. The van der Waals surface area contributed by atoms with E-state index in [0.717, 1.165) is 0 Å². The van der Waals surface area contributed by atoms with Crippen LogP contribution >= 0.6 is 0 Å². The average molecular weight is 174 g/mol. The van der Waals surface area contributed by atoms with Crippen LogP contribution in [0.15, 0.2) is 0 Å². The summed E-state index contributed by atoms with van der Waals surface area (Å²) in [5.74, 6) is -2.00. The van der Waals surface area contributed by atoms with Crippen molar-refractivity contribution in [3.05, 3.63) is 0 Å². The predicted octanol–water partition coefficient (Wildman–Crippen LogP) is 0.906. The Kier molecular flexibility index (Phi) is 4.33. The summed E-state index contributed by atoms with van der Waals surface area (Å²) >= 11 is 0. The van der Waals surface area contributed by atoms with Crippen molar-refractivity contribution in [3.8, 4) is 0 Å². The lowest BCUT2D eigenvalue weighted by atomic mass is 9.97. The number of carboxylic acid groups (broad SMARTS) is 1. The highest BCUT2D eigenvalue weighted by molar-refractivity contribution is 5.71. The number of carbonyl (C=O) groups excluding carboxylic acids is 1. The second-order valence-electron chi connectivity index (χ2n) is 2.99. The monoisotopic (exact) mass is 174 g/mol. The molecular formula is C8H14O4. The van der Waals surface area contributed by atoms with Crippen molar-refractivity contribution < 1.29 is 19.4 Å². The molecule has 0 aliphatic rings. The molecule has 0 aliphatic heterocycles. The van der Waals surface area contributed by atoms with E-state index in [1.165, 1.54) is 6.92 Å². The summed E-state index contributed by atoms with van der Waals surface area (Å²) in [6.07, 6.45) is 0. The molecule has 0 saturated heterocycles. The second kappa shape index (κ2) is 4.74. The van der Waals surface area contributed by atoms with Crippen LogP contribution in [0.1, 0.15) is 20.8 Å². The van der Waals surface area contributed by atoms with E-state index in [0.29, 0.717) is 0 Å². The van der Waals surface area contributed by atoms with Gasteiger partial charge in [0.1, 0.15) is 6.61 Å². The van der Waals surface area contributed by atoms with Gasteiger partial charge in [-0.3, -0.25) is 9.59 Å². The molecule has 0 aliphatic carbocycles. The topological polar surface area (TPSA) is 63.6 Å². The molecule has 0 rings (SSSR count). The Morgan fingerprint density at radius 3 is 2.17 bits per heavy atom. The fraction of sp³-hybridized carbons (Fsp3) is 0.750. The first-order chi connectivity index (χ1) is 5.45.